The summed E-state index contributed by atoms with van der Waals surface area (Å²) in [5.74, 6) is 10.9. The van der Waals surface area contributed by atoms with E-state index in [1.165, 1.54) is 5.57 Å². The van der Waals surface area contributed by atoms with Gasteiger partial charge < -0.3 is 4.74 Å². The van der Waals surface area contributed by atoms with E-state index in [9.17, 15) is 4.79 Å². The van der Waals surface area contributed by atoms with Crippen LogP contribution in [0.5, 0.6) is 0 Å². The average molecular weight is 511 g/mol. The molecule has 0 saturated carbocycles. The number of rotatable bonds is 11. The van der Waals surface area contributed by atoms with Crippen molar-refractivity contribution in [1.29, 1.82) is 0 Å². The number of hydrogen-bond donors (Lipinski definition) is 5. The first-order chi connectivity index (χ1) is 17.5. The number of aliphatic imine (C=N–C) groups is 1. The molecule has 36 heavy (non-hydrogen) atoms. The summed E-state index contributed by atoms with van der Waals surface area (Å²) in [5.41, 5.74) is 9.30. The highest BCUT2D eigenvalue weighted by Crippen LogP contribution is 2.24. The molecule has 0 aliphatic heterocycles. The minimum atomic E-state index is -0.492. The van der Waals surface area contributed by atoms with E-state index in [1.54, 1.807) is 0 Å². The second-order valence-electron chi connectivity index (χ2n) is 8.55. The molecule has 192 valence electrons. The average Bonchev–Trinajstić information content (AvgIpc) is 2.90. The van der Waals surface area contributed by atoms with Crippen molar-refractivity contribution in [3.05, 3.63) is 82.9 Å². The SMILES string of the molecule is CCOC(=O)C(CC1=CC=CCC1)NC(CN=C(NN)NN)Cc1ccc(-c2cccc(Cl)c2)cc1. The molecule has 0 amide bonds. The Bertz CT molecular complexity index is 1080. The maximum atomic E-state index is 12.8. The standard InChI is InChI=1S/C27H35ClN6O2/c1-2-36-26(35)25(16-19-7-4-3-5-8-19)32-24(18-31-27(33-29)34-30)15-20-11-13-21(14-12-20)22-9-6-10-23(28)17-22/h3-4,6-7,9-14,17,24-25,32H,2,5,8,15-16,18,29-30H2,1H3,(H2,31,33,34). The fourth-order valence-electron chi connectivity index (χ4n) is 4.12. The van der Waals surface area contributed by atoms with Crippen LogP contribution in [0, 0.1) is 0 Å². The number of allylic oxidation sites excluding steroid dienone is 3. The van der Waals surface area contributed by atoms with Crippen LogP contribution in [-0.4, -0.2) is 37.2 Å². The van der Waals surface area contributed by atoms with E-state index >= 15 is 0 Å². The van der Waals surface area contributed by atoms with E-state index in [0.717, 1.165) is 29.5 Å². The van der Waals surface area contributed by atoms with E-state index in [1.807, 2.05) is 37.3 Å². The van der Waals surface area contributed by atoms with Crippen molar-refractivity contribution in [3.63, 3.8) is 0 Å². The highest BCUT2D eigenvalue weighted by atomic mass is 35.5. The van der Waals surface area contributed by atoms with Gasteiger partial charge >= 0.3 is 5.97 Å². The minimum absolute atomic E-state index is 0.173. The predicted octanol–water partition coefficient (Wildman–Crippen LogP) is 3.39. The lowest BCUT2D eigenvalue weighted by Crippen LogP contribution is -2.49. The summed E-state index contributed by atoms with van der Waals surface area (Å²) in [6.45, 7) is 2.48. The number of hydrogen-bond acceptors (Lipinski definition) is 6. The Morgan fingerprint density at radius 1 is 1.11 bits per heavy atom. The third-order valence-corrected chi connectivity index (χ3v) is 6.15. The fraction of sp³-hybridized carbons (Fsp3) is 0.333. The van der Waals surface area contributed by atoms with Crippen molar-refractivity contribution in [1.82, 2.24) is 16.2 Å². The Hall–Kier alpha value is -3.17. The van der Waals surface area contributed by atoms with Crippen LogP contribution in [0.4, 0.5) is 0 Å². The van der Waals surface area contributed by atoms with Gasteiger partial charge in [-0.1, -0.05) is 71.8 Å². The molecule has 1 aliphatic carbocycles. The van der Waals surface area contributed by atoms with Gasteiger partial charge in [-0.25, -0.2) is 16.7 Å². The summed E-state index contributed by atoms with van der Waals surface area (Å²) in [6.07, 6.45) is 9.36. The lowest BCUT2D eigenvalue weighted by atomic mass is 9.96. The van der Waals surface area contributed by atoms with Crippen molar-refractivity contribution < 1.29 is 9.53 Å². The maximum absolute atomic E-state index is 12.8. The molecule has 0 fully saturated rings. The molecule has 3 rings (SSSR count). The summed E-state index contributed by atoms with van der Waals surface area (Å²) in [7, 11) is 0. The number of halogens is 1. The van der Waals surface area contributed by atoms with Crippen LogP contribution < -0.4 is 27.9 Å². The van der Waals surface area contributed by atoms with Crippen LogP contribution in [0.15, 0.2) is 77.3 Å². The molecule has 0 heterocycles. The zero-order valence-corrected chi connectivity index (χ0v) is 21.3. The predicted molar refractivity (Wildman–Crippen MR) is 146 cm³/mol. The van der Waals surface area contributed by atoms with Crippen molar-refractivity contribution in [2.45, 2.75) is 44.7 Å². The Labute approximate surface area is 217 Å². The van der Waals surface area contributed by atoms with Gasteiger partial charge in [-0.15, -0.1) is 0 Å². The van der Waals surface area contributed by atoms with Crippen LogP contribution in [0.1, 0.15) is 31.7 Å². The number of nitrogens with zero attached hydrogens (tertiary/aromatic N) is 1. The zero-order chi connectivity index (χ0) is 25.8. The quantitative estimate of drug-likeness (QED) is 0.103. The molecular weight excluding hydrogens is 476 g/mol. The summed E-state index contributed by atoms with van der Waals surface area (Å²) in [4.78, 5) is 17.3. The lowest BCUT2D eigenvalue weighted by molar-refractivity contribution is -0.145. The van der Waals surface area contributed by atoms with Gasteiger partial charge in [0.2, 0.25) is 5.96 Å². The van der Waals surface area contributed by atoms with Crippen molar-refractivity contribution >= 4 is 23.5 Å². The van der Waals surface area contributed by atoms with Gasteiger partial charge in [0.25, 0.3) is 0 Å². The molecule has 9 heteroatoms. The molecule has 0 spiro atoms. The normalized spacial score (nSPS) is 14.4. The van der Waals surface area contributed by atoms with Crippen molar-refractivity contribution in [2.24, 2.45) is 16.7 Å². The van der Waals surface area contributed by atoms with Gasteiger partial charge in [0.15, 0.2) is 0 Å². The van der Waals surface area contributed by atoms with Crippen LogP contribution in [-0.2, 0) is 16.0 Å². The molecule has 7 N–H and O–H groups in total. The largest absolute Gasteiger partial charge is 0.465 e. The van der Waals surface area contributed by atoms with Crippen LogP contribution >= 0.6 is 11.6 Å². The second-order valence-corrected chi connectivity index (χ2v) is 8.99. The van der Waals surface area contributed by atoms with Crippen LogP contribution in [0.2, 0.25) is 5.02 Å². The minimum Gasteiger partial charge on any atom is -0.465 e. The molecule has 0 radical (unpaired) electrons. The molecule has 8 nitrogen and oxygen atoms in total. The fourth-order valence-corrected chi connectivity index (χ4v) is 4.31. The lowest BCUT2D eigenvalue weighted by Gasteiger charge is -2.25. The van der Waals surface area contributed by atoms with E-state index in [2.05, 4.69) is 57.6 Å². The zero-order valence-electron chi connectivity index (χ0n) is 20.5. The summed E-state index contributed by atoms with van der Waals surface area (Å²) < 4.78 is 5.38. The van der Waals surface area contributed by atoms with Crippen molar-refractivity contribution in [2.75, 3.05) is 13.2 Å². The van der Waals surface area contributed by atoms with Gasteiger partial charge in [0.1, 0.15) is 6.04 Å². The Kier molecular flexibility index (Phi) is 11.0. The van der Waals surface area contributed by atoms with Gasteiger partial charge in [-0.2, -0.15) is 0 Å². The Morgan fingerprint density at radius 3 is 2.53 bits per heavy atom. The molecule has 2 aromatic carbocycles. The third-order valence-electron chi connectivity index (χ3n) is 5.91. The maximum Gasteiger partial charge on any atom is 0.323 e. The van der Waals surface area contributed by atoms with Gasteiger partial charge in [-0.3, -0.25) is 21.0 Å². The number of benzene rings is 2. The number of guanidine groups is 1. The first-order valence-corrected chi connectivity index (χ1v) is 12.5. The van der Waals surface area contributed by atoms with Gasteiger partial charge in [-0.05, 0) is 61.4 Å². The molecule has 1 aliphatic rings. The van der Waals surface area contributed by atoms with Crippen LogP contribution in [0.3, 0.4) is 0 Å². The number of hydrazine groups is 2. The molecule has 0 aromatic heterocycles. The van der Waals surface area contributed by atoms with E-state index < -0.39 is 6.04 Å². The Morgan fingerprint density at radius 2 is 1.89 bits per heavy atom. The third kappa shape index (κ3) is 8.49. The summed E-state index contributed by atoms with van der Waals surface area (Å²) in [6, 6.07) is 15.4. The summed E-state index contributed by atoms with van der Waals surface area (Å²) >= 11 is 6.15. The number of nitrogens with two attached hydrogens (primary N) is 2. The monoisotopic (exact) mass is 510 g/mol. The van der Waals surface area contributed by atoms with Crippen molar-refractivity contribution in [3.8, 4) is 11.1 Å². The molecule has 0 saturated heterocycles. The van der Waals surface area contributed by atoms with Gasteiger partial charge in [0.05, 0.1) is 13.2 Å². The second kappa shape index (κ2) is 14.4. The molecule has 2 unspecified atom stereocenters. The van der Waals surface area contributed by atoms with E-state index in [-0.39, 0.29) is 18.0 Å². The smallest absolute Gasteiger partial charge is 0.323 e. The number of carbonyl (C=O) groups is 1. The first kappa shape index (κ1) is 27.4. The molecule has 2 atom stereocenters. The topological polar surface area (TPSA) is 127 Å². The highest BCUT2D eigenvalue weighted by Gasteiger charge is 2.25. The van der Waals surface area contributed by atoms with E-state index in [4.69, 9.17) is 28.0 Å². The van der Waals surface area contributed by atoms with E-state index in [0.29, 0.717) is 31.0 Å². The Balaban J connectivity index is 1.79. The number of nitrogens with one attached hydrogen (secondary N) is 3. The van der Waals surface area contributed by atoms with Crippen LogP contribution in [0.25, 0.3) is 11.1 Å². The first-order valence-electron chi connectivity index (χ1n) is 12.1. The highest BCUT2D eigenvalue weighted by molar-refractivity contribution is 6.30. The molecule has 0 bridgehead atoms. The molecule has 2 aromatic rings. The summed E-state index contributed by atoms with van der Waals surface area (Å²) in [5, 5.41) is 4.19. The molecular formula is C27H35ClN6O2. The number of ether oxygens (including phenoxy) is 1. The van der Waals surface area contributed by atoms with Gasteiger partial charge in [0, 0.05) is 11.1 Å². The number of carbonyl (C=O) groups excluding carboxylic acids is 1. The number of esters is 1.